The van der Waals surface area contributed by atoms with Gasteiger partial charge in [-0.05, 0) is 35.9 Å². The first-order valence-corrected chi connectivity index (χ1v) is 13.4. The maximum atomic E-state index is 12.6. The molecule has 1 amide bonds. The maximum Gasteiger partial charge on any atom is 0.238 e. The number of carbonyl (C=O) groups is 1. The largest absolute Gasteiger partial charge is 0.493 e. The van der Waals surface area contributed by atoms with Crippen molar-refractivity contribution in [3.8, 4) is 11.5 Å². The summed E-state index contributed by atoms with van der Waals surface area (Å²) in [6, 6.07) is 19.1. The van der Waals surface area contributed by atoms with E-state index in [4.69, 9.17) is 32.7 Å². The fraction of sp³-hybridized carbons (Fsp3) is 0.276. The first-order chi connectivity index (χ1) is 18.9. The summed E-state index contributed by atoms with van der Waals surface area (Å²) >= 11 is 12.1. The Morgan fingerprint density at radius 1 is 0.872 bits per heavy atom. The molecule has 2 heterocycles. The number of hydrogen-bond donors (Lipinski definition) is 1. The van der Waals surface area contributed by atoms with Gasteiger partial charge >= 0.3 is 0 Å². The number of hydrogen-bond acceptors (Lipinski definition) is 7. The van der Waals surface area contributed by atoms with Gasteiger partial charge in [0.25, 0.3) is 0 Å². The SMILES string of the molecule is COc1cc2c(Cc3ccccc3)nnc(N3CCN(CC(=O)Nc4cc(Cl)cc(Cl)c4)CC3)c2cc1OC. The van der Waals surface area contributed by atoms with Crippen molar-refractivity contribution in [2.45, 2.75) is 6.42 Å². The highest BCUT2D eigenvalue weighted by Crippen LogP contribution is 2.37. The van der Waals surface area contributed by atoms with Crippen molar-refractivity contribution >= 4 is 51.4 Å². The number of nitrogens with zero attached hydrogens (tertiary/aromatic N) is 4. The van der Waals surface area contributed by atoms with Gasteiger partial charge in [0, 0.05) is 59.1 Å². The van der Waals surface area contributed by atoms with E-state index in [0.29, 0.717) is 59.8 Å². The molecule has 0 bridgehead atoms. The highest BCUT2D eigenvalue weighted by Gasteiger charge is 2.24. The molecule has 1 fully saturated rings. The van der Waals surface area contributed by atoms with Gasteiger partial charge in [0.15, 0.2) is 17.3 Å². The summed E-state index contributed by atoms with van der Waals surface area (Å²) in [5.41, 5.74) is 2.61. The van der Waals surface area contributed by atoms with Crippen molar-refractivity contribution < 1.29 is 14.3 Å². The second kappa shape index (κ2) is 12.1. The van der Waals surface area contributed by atoms with Gasteiger partial charge in [-0.3, -0.25) is 9.69 Å². The van der Waals surface area contributed by atoms with E-state index in [1.54, 1.807) is 32.4 Å². The summed E-state index contributed by atoms with van der Waals surface area (Å²) in [5.74, 6) is 1.96. The van der Waals surface area contributed by atoms with Crippen LogP contribution in [-0.2, 0) is 11.2 Å². The number of piperazine rings is 1. The molecule has 1 saturated heterocycles. The number of halogens is 2. The summed E-state index contributed by atoms with van der Waals surface area (Å²) in [6.45, 7) is 3.07. The molecule has 10 heteroatoms. The van der Waals surface area contributed by atoms with E-state index in [2.05, 4.69) is 37.4 Å². The van der Waals surface area contributed by atoms with E-state index in [-0.39, 0.29) is 12.5 Å². The Hall–Kier alpha value is -3.59. The molecule has 1 N–H and O–H groups in total. The van der Waals surface area contributed by atoms with Crippen LogP contribution in [0, 0.1) is 0 Å². The predicted molar refractivity (Wildman–Crippen MR) is 156 cm³/mol. The first-order valence-electron chi connectivity index (χ1n) is 12.6. The van der Waals surface area contributed by atoms with Crippen LogP contribution in [0.1, 0.15) is 11.3 Å². The van der Waals surface area contributed by atoms with Gasteiger partial charge in [0.05, 0.1) is 26.5 Å². The van der Waals surface area contributed by atoms with Gasteiger partial charge in [-0.15, -0.1) is 5.10 Å². The molecule has 202 valence electrons. The number of rotatable bonds is 8. The second-order valence-electron chi connectivity index (χ2n) is 9.35. The van der Waals surface area contributed by atoms with Crippen LogP contribution in [0.3, 0.4) is 0 Å². The van der Waals surface area contributed by atoms with Crippen LogP contribution in [0.15, 0.2) is 60.7 Å². The quantitative estimate of drug-likeness (QED) is 0.310. The molecule has 5 rings (SSSR count). The minimum atomic E-state index is -0.117. The molecule has 1 aliphatic rings. The number of methoxy groups -OCH3 is 2. The van der Waals surface area contributed by atoms with E-state index >= 15 is 0 Å². The van der Waals surface area contributed by atoms with Crippen LogP contribution in [0.4, 0.5) is 11.5 Å². The van der Waals surface area contributed by atoms with Crippen molar-refractivity contribution in [3.05, 3.63) is 82.0 Å². The third-order valence-electron chi connectivity index (χ3n) is 6.74. The van der Waals surface area contributed by atoms with Crippen molar-refractivity contribution in [1.82, 2.24) is 15.1 Å². The Balaban J connectivity index is 1.33. The number of amides is 1. The second-order valence-corrected chi connectivity index (χ2v) is 10.2. The van der Waals surface area contributed by atoms with E-state index in [1.165, 1.54) is 0 Å². The lowest BCUT2D eigenvalue weighted by Gasteiger charge is -2.35. The fourth-order valence-corrected chi connectivity index (χ4v) is 5.35. The molecule has 0 spiro atoms. The third kappa shape index (κ3) is 6.36. The topological polar surface area (TPSA) is 79.8 Å². The Kier molecular flexibility index (Phi) is 8.35. The molecular weight excluding hydrogens is 537 g/mol. The average Bonchev–Trinajstić information content (AvgIpc) is 2.93. The highest BCUT2D eigenvalue weighted by atomic mass is 35.5. The number of carbonyl (C=O) groups excluding carboxylic acids is 1. The van der Waals surface area contributed by atoms with Crippen molar-refractivity contribution in [1.29, 1.82) is 0 Å². The number of ether oxygens (including phenoxy) is 2. The number of nitrogens with one attached hydrogen (secondary N) is 1. The lowest BCUT2D eigenvalue weighted by atomic mass is 10.0. The molecule has 1 aliphatic heterocycles. The molecular formula is C29H29Cl2N5O3. The molecule has 8 nitrogen and oxygen atoms in total. The van der Waals surface area contributed by atoms with Gasteiger partial charge < -0.3 is 19.7 Å². The summed E-state index contributed by atoms with van der Waals surface area (Å²) in [7, 11) is 3.26. The summed E-state index contributed by atoms with van der Waals surface area (Å²) < 4.78 is 11.2. The molecule has 3 aromatic carbocycles. The molecule has 0 radical (unpaired) electrons. The third-order valence-corrected chi connectivity index (χ3v) is 7.18. The van der Waals surface area contributed by atoms with Gasteiger partial charge in [0.2, 0.25) is 5.91 Å². The van der Waals surface area contributed by atoms with E-state index < -0.39 is 0 Å². The van der Waals surface area contributed by atoms with Crippen LogP contribution >= 0.6 is 23.2 Å². The lowest BCUT2D eigenvalue weighted by molar-refractivity contribution is -0.117. The Morgan fingerprint density at radius 3 is 2.15 bits per heavy atom. The van der Waals surface area contributed by atoms with E-state index in [0.717, 1.165) is 27.8 Å². The number of anilines is 2. The van der Waals surface area contributed by atoms with Crippen LogP contribution < -0.4 is 19.7 Å². The summed E-state index contributed by atoms with van der Waals surface area (Å²) in [5, 5.41) is 15.1. The number of benzene rings is 3. The van der Waals surface area contributed by atoms with Crippen LogP contribution in [0.2, 0.25) is 10.0 Å². The Labute approximate surface area is 237 Å². The van der Waals surface area contributed by atoms with Crippen molar-refractivity contribution in [2.75, 3.05) is 57.2 Å². The van der Waals surface area contributed by atoms with E-state index in [9.17, 15) is 4.79 Å². The number of aromatic nitrogens is 2. The first kappa shape index (κ1) is 27.0. The van der Waals surface area contributed by atoms with Gasteiger partial charge in [-0.2, -0.15) is 5.10 Å². The Morgan fingerprint density at radius 2 is 1.51 bits per heavy atom. The van der Waals surface area contributed by atoms with E-state index in [1.807, 2.05) is 30.3 Å². The maximum absolute atomic E-state index is 12.6. The van der Waals surface area contributed by atoms with Gasteiger partial charge in [-0.1, -0.05) is 53.5 Å². The smallest absolute Gasteiger partial charge is 0.238 e. The predicted octanol–water partition coefficient (Wildman–Crippen LogP) is 5.31. The Bertz CT molecular complexity index is 1460. The minimum Gasteiger partial charge on any atom is -0.493 e. The molecule has 0 saturated carbocycles. The fourth-order valence-electron chi connectivity index (χ4n) is 4.82. The lowest BCUT2D eigenvalue weighted by Crippen LogP contribution is -2.49. The molecule has 4 aromatic rings. The van der Waals surface area contributed by atoms with Crippen molar-refractivity contribution in [2.24, 2.45) is 0 Å². The normalized spacial score (nSPS) is 13.9. The van der Waals surface area contributed by atoms with Crippen molar-refractivity contribution in [3.63, 3.8) is 0 Å². The van der Waals surface area contributed by atoms with Crippen LogP contribution in [0.25, 0.3) is 10.8 Å². The van der Waals surface area contributed by atoms with Crippen LogP contribution in [-0.4, -0.2) is 67.9 Å². The van der Waals surface area contributed by atoms with Crippen LogP contribution in [0.5, 0.6) is 11.5 Å². The molecule has 0 atom stereocenters. The zero-order valence-electron chi connectivity index (χ0n) is 21.8. The van der Waals surface area contributed by atoms with Gasteiger partial charge in [0.1, 0.15) is 0 Å². The standard InChI is InChI=1S/C29H29Cl2N5O3/c1-38-26-16-23-24(17-27(26)39-2)29(34-33-25(23)12-19-6-4-3-5-7-19)36-10-8-35(9-11-36)18-28(37)32-22-14-20(30)13-21(31)15-22/h3-7,13-17H,8-12,18H2,1-2H3,(H,32,37). The highest BCUT2D eigenvalue weighted by molar-refractivity contribution is 6.35. The number of fused-ring (bicyclic) bond motifs is 1. The molecule has 39 heavy (non-hydrogen) atoms. The zero-order valence-corrected chi connectivity index (χ0v) is 23.3. The minimum absolute atomic E-state index is 0.117. The summed E-state index contributed by atoms with van der Waals surface area (Å²) in [4.78, 5) is 17.0. The summed E-state index contributed by atoms with van der Waals surface area (Å²) in [6.07, 6.45) is 0.654. The molecule has 0 unspecified atom stereocenters. The zero-order chi connectivity index (χ0) is 27.4. The molecule has 1 aromatic heterocycles. The van der Waals surface area contributed by atoms with Gasteiger partial charge in [-0.25, -0.2) is 0 Å². The molecule has 0 aliphatic carbocycles. The average molecular weight is 566 g/mol. The monoisotopic (exact) mass is 565 g/mol.